The zero-order valence-electron chi connectivity index (χ0n) is 79.4. The number of nitrogens with one attached hydrogen (secondary N) is 2. The number of ketones is 3. The van der Waals surface area contributed by atoms with Gasteiger partial charge in [-0.1, -0.05) is 183 Å². The van der Waals surface area contributed by atoms with Gasteiger partial charge in [0.15, 0.2) is 9.84 Å². The summed E-state index contributed by atoms with van der Waals surface area (Å²) in [5.74, 6) is 15.0. The summed E-state index contributed by atoms with van der Waals surface area (Å²) in [5, 5.41) is 3.58. The smallest absolute Gasteiger partial charge is 0.254 e. The summed E-state index contributed by atoms with van der Waals surface area (Å²) in [6.07, 6.45) is 8.92. The van der Waals surface area contributed by atoms with E-state index in [1.165, 1.54) is 37.0 Å². The summed E-state index contributed by atoms with van der Waals surface area (Å²) < 4.78 is 41.6. The number of aliphatic imine (C=N–C) groups is 2. The predicted octanol–water partition coefficient (Wildman–Crippen LogP) is 20.3. The van der Waals surface area contributed by atoms with Crippen LogP contribution in [-0.4, -0.2) is 128 Å². The van der Waals surface area contributed by atoms with E-state index in [2.05, 4.69) is 145 Å². The summed E-state index contributed by atoms with van der Waals surface area (Å²) >= 11 is 4.38. The number of amides is 3. The highest BCUT2D eigenvalue weighted by atomic mass is 35.7. The first-order chi connectivity index (χ1) is 48.6. The molecule has 0 saturated carbocycles. The molecule has 0 saturated heterocycles. The monoisotopic (exact) mass is 1710 g/mol. The summed E-state index contributed by atoms with van der Waals surface area (Å²) in [6, 6.07) is 5.98. The predicted molar refractivity (Wildman–Crippen MR) is 488 cm³/mol. The highest BCUT2D eigenvalue weighted by molar-refractivity contribution is 8.77. The molecule has 1 aliphatic heterocycles. The van der Waals surface area contributed by atoms with E-state index in [9.17, 15) is 55.2 Å². The lowest BCUT2D eigenvalue weighted by atomic mass is 9.89. The minimum absolute atomic E-state index is 0. The number of halogens is 1. The molecule has 0 aliphatic carbocycles. The third kappa shape index (κ3) is 154. The van der Waals surface area contributed by atoms with Gasteiger partial charge in [-0.25, -0.2) is 48.3 Å². The number of pyridine rings is 1. The van der Waals surface area contributed by atoms with Crippen molar-refractivity contribution in [1.82, 2.24) is 20.7 Å². The molecule has 0 aromatic carbocycles. The summed E-state index contributed by atoms with van der Waals surface area (Å²) in [7, 11) is 2.17. The van der Waals surface area contributed by atoms with E-state index in [0.29, 0.717) is 35.2 Å². The molecule has 29 heteroatoms. The molecule has 10 N–H and O–H groups in total. The van der Waals surface area contributed by atoms with Gasteiger partial charge in [0.1, 0.15) is 28.7 Å². The summed E-state index contributed by atoms with van der Waals surface area (Å²) in [4.78, 5) is 101. The molecule has 3 amide bonds. The van der Waals surface area contributed by atoms with E-state index >= 15 is 0 Å². The number of Topliss-reactive ketones (excluding diaryl/α,β-unsaturated/α-hetero) is 3. The number of aromatic nitrogens is 1. The number of isothiocyanates is 1. The molecule has 0 bridgehead atoms. The second-order valence-electron chi connectivity index (χ2n) is 40.1. The van der Waals surface area contributed by atoms with E-state index in [0.717, 1.165) is 16.7 Å². The normalized spacial score (nSPS) is 12.1. The van der Waals surface area contributed by atoms with Gasteiger partial charge in [0.2, 0.25) is 21.0 Å². The molecule has 1 aliphatic rings. The molecule has 0 radical (unpaired) electrons. The molecule has 2 rings (SSSR count). The number of carbonyl (C=O) groups excluding carboxylic acids is 8. The SMILES string of the molecule is C=CS(=O)(=O)C(C)C.CC(=O)C(C)(C)C.CC(=O)CC(C)(C)C.CC(C)(C)C.CC(C)(C)C(=O)NN.CC(C)(C)C=O.CC(C)(C)N.CC(C)(C)N1C(=O)C=CC1=O.CC(C)(C)N=C=O.CC(C)(C)N=C=S.CC(C)(C)NN.CC(C)(C)ON.CC(C)(C)SSc1ccccn1.CC(C)S(=O)(=O)Cl.CCC(=O)CC(C)(C)C. The van der Waals surface area contributed by atoms with Crippen LogP contribution in [0.1, 0.15) is 345 Å². The standard InChI is InChI=1S/C9H13NS2.C8H11NO2.C8H16O.C7H14O.C6H12O.C5H12N2O.C5H9NO.C5H9NS.C5H10O2S.C5H10O.C5H12.C4H12N2.C4H11NO.C4H11N.C3H7ClO2S/c1-9(2,3)12-11-8-6-4-5-7-10-8;1-8(2,3)9-6(10)4-5-7(9)11;1-5-7(9)6-8(2,3)4;1-6(8)5-7(2,3)4;1-5(7)6(2,3)4;1-5(2,3)4(8)7-6;2*1-5(2,3)6-4-7;1-4-8(6,7)5(2)3;1-5(2,3)4-6;1-5(2,3)4;2*1-4(2,3)6-5;1-4(2,3)5;1-3(2)7(4,5)6/h4-7H,1-3H3;4-5H,1-3H3;5-6H2,1-4H3;5H2,1-4H3;1-4H3;6H2,1-3H3,(H,7,8);2*1-3H3;4-5H,1H2,2-3H3;4H,1-3H3;1-4H3;6H,5H2,1-3H3;5H2,1-3H3;5H2,1-3H3;3H,1-2H3. The van der Waals surface area contributed by atoms with Crippen molar-refractivity contribution in [2.45, 2.75) is 398 Å². The Labute approximate surface area is 704 Å². The fourth-order valence-corrected chi connectivity index (χ4v) is 6.31. The van der Waals surface area contributed by atoms with Crippen molar-refractivity contribution in [2.75, 3.05) is 0 Å². The van der Waals surface area contributed by atoms with Crippen molar-refractivity contribution >= 4 is 116 Å². The summed E-state index contributed by atoms with van der Waals surface area (Å²) in [6.45, 7) is 93.7. The molecule has 23 nitrogen and oxygen atoms in total. The lowest BCUT2D eigenvalue weighted by Gasteiger charge is -2.29. The van der Waals surface area contributed by atoms with Gasteiger partial charge in [0.25, 0.3) is 11.8 Å². The molecular weight excluding hydrogens is 1540 g/mol. The largest absolute Gasteiger partial charge is 0.326 e. The van der Waals surface area contributed by atoms with Gasteiger partial charge in [0.05, 0.1) is 32.3 Å². The van der Waals surface area contributed by atoms with Crippen LogP contribution in [0.4, 0.5) is 0 Å². The maximum Gasteiger partial charge on any atom is 0.254 e. The number of hydrazine groups is 2. The maximum atomic E-state index is 11.0. The van der Waals surface area contributed by atoms with Crippen LogP contribution in [0.5, 0.6) is 0 Å². The molecule has 112 heavy (non-hydrogen) atoms. The number of sulfone groups is 1. The minimum atomic E-state index is -3.27. The topological polar surface area (TPSA) is 383 Å². The Kier molecular flexibility index (Phi) is 78.0. The number of carbonyl (C=O) groups is 7. The third-order valence-electron chi connectivity index (χ3n) is 9.62. The first-order valence-corrected chi connectivity index (χ1v) is 43.5. The van der Waals surface area contributed by atoms with Crippen molar-refractivity contribution in [3.05, 3.63) is 48.5 Å². The molecule has 1 aromatic heterocycles. The van der Waals surface area contributed by atoms with Crippen LogP contribution in [0.3, 0.4) is 0 Å². The van der Waals surface area contributed by atoms with E-state index in [1.807, 2.05) is 208 Å². The van der Waals surface area contributed by atoms with Crippen molar-refractivity contribution in [2.24, 2.45) is 65.8 Å². The van der Waals surface area contributed by atoms with Gasteiger partial charge >= 0.3 is 0 Å². The molecule has 0 atom stereocenters. The first-order valence-electron chi connectivity index (χ1n) is 37.0. The number of nitrogens with zero attached hydrogens (tertiary/aromatic N) is 4. The quantitative estimate of drug-likeness (QED) is 0.0134. The zero-order chi connectivity index (χ0) is 94.1. The van der Waals surface area contributed by atoms with Crippen LogP contribution in [-0.2, 0) is 62.1 Å². The van der Waals surface area contributed by atoms with Gasteiger partial charge < -0.3 is 15.3 Å². The van der Waals surface area contributed by atoms with Crippen LogP contribution in [0.15, 0.2) is 63.5 Å². The van der Waals surface area contributed by atoms with E-state index in [1.54, 1.807) is 59.3 Å². The van der Waals surface area contributed by atoms with Crippen LogP contribution in [0.2, 0.25) is 0 Å². The number of thiocarbonyl (C=S) groups is 1. The van der Waals surface area contributed by atoms with Crippen LogP contribution in [0, 0.1) is 32.5 Å². The van der Waals surface area contributed by atoms with Crippen molar-refractivity contribution < 1.29 is 60.0 Å². The maximum absolute atomic E-state index is 11.0. The fourth-order valence-electron chi connectivity index (χ4n) is 3.77. The molecule has 666 valence electrons. The second kappa shape index (κ2) is 63.8. The van der Waals surface area contributed by atoms with E-state index in [4.69, 9.17) is 34.0 Å². The van der Waals surface area contributed by atoms with E-state index in [-0.39, 0.29) is 89.4 Å². The Hall–Kier alpha value is -4.25. The number of imide groups is 1. The van der Waals surface area contributed by atoms with Crippen molar-refractivity contribution in [1.29, 1.82) is 0 Å². The Balaban J connectivity index is -0.0000000858. The third-order valence-corrected chi connectivity index (χ3v) is 16.9. The number of isocyanates is 1. The fraction of sp³-hybridized carbons (Fsp3) is 0.783. The second-order valence-corrected chi connectivity index (χ2v) is 48.9. The average molecular weight is 1710 g/mol. The minimum Gasteiger partial charge on any atom is -0.326 e. The van der Waals surface area contributed by atoms with Crippen LogP contribution in [0.25, 0.3) is 0 Å². The molecule has 0 unspecified atom stereocenters. The molecule has 1 aromatic rings. The average Bonchev–Trinajstić information content (AvgIpc) is 1.68. The molecule has 0 fully saturated rings. The number of nitrogens with two attached hydrogens (primary N) is 4. The zero-order valence-corrected chi connectivity index (χ0v) is 84.3. The number of aldehydes is 1. The van der Waals surface area contributed by atoms with Crippen molar-refractivity contribution in [3.63, 3.8) is 0 Å². The lowest BCUT2D eigenvalue weighted by molar-refractivity contribution is -0.142. The van der Waals surface area contributed by atoms with Gasteiger partial charge in [0, 0.05) is 91.3 Å². The van der Waals surface area contributed by atoms with Gasteiger partial charge in [-0.2, -0.15) is 0 Å². The Morgan fingerprint density at radius 3 is 1.04 bits per heavy atom. The first kappa shape index (κ1) is 137. The van der Waals surface area contributed by atoms with Gasteiger partial charge in [-0.05, 0) is 218 Å². The van der Waals surface area contributed by atoms with Crippen LogP contribution < -0.4 is 34.2 Å². The van der Waals surface area contributed by atoms with Gasteiger partial charge in [-0.15, -0.1) is 0 Å². The van der Waals surface area contributed by atoms with Crippen molar-refractivity contribution in [3.8, 4) is 0 Å². The number of hydrogen-bond acceptors (Lipinski definition) is 24. The lowest BCUT2D eigenvalue weighted by Crippen LogP contribution is -2.45. The molecule has 0 spiro atoms. The van der Waals surface area contributed by atoms with Gasteiger partial charge in [-0.3, -0.25) is 50.4 Å². The molecular formula is C83H169ClN10O13S5. The number of rotatable bonds is 8. The summed E-state index contributed by atoms with van der Waals surface area (Å²) in [5.41, 5.74) is 9.42. The highest BCUT2D eigenvalue weighted by Crippen LogP contribution is 2.39. The van der Waals surface area contributed by atoms with E-state index < -0.39 is 29.7 Å². The van der Waals surface area contributed by atoms with Crippen LogP contribution >= 0.6 is 44.5 Å². The molecule has 2 heterocycles. The Morgan fingerprint density at radius 2 is 0.964 bits per heavy atom. The number of hydrogen-bond donors (Lipinski definition) is 6. The Bertz CT molecular complexity index is 2960. The highest BCUT2D eigenvalue weighted by Gasteiger charge is 2.33. The Morgan fingerprint density at radius 1 is 0.652 bits per heavy atom.